The van der Waals surface area contributed by atoms with Crippen molar-refractivity contribution in [2.45, 2.75) is 51.1 Å². The number of hydrogen-bond donors (Lipinski definition) is 0. The Labute approximate surface area is 159 Å². The zero-order valence-electron chi connectivity index (χ0n) is 15.4. The molecule has 1 aliphatic carbocycles. The van der Waals surface area contributed by atoms with Gasteiger partial charge in [0.2, 0.25) is 0 Å². The first-order valence-electron chi connectivity index (χ1n) is 9.49. The van der Waals surface area contributed by atoms with E-state index in [-0.39, 0.29) is 11.5 Å². The van der Waals surface area contributed by atoms with Gasteiger partial charge in [-0.2, -0.15) is 0 Å². The second kappa shape index (κ2) is 8.95. The Morgan fingerprint density at radius 1 is 0.926 bits per heavy atom. The molecule has 1 fully saturated rings. The van der Waals surface area contributed by atoms with Gasteiger partial charge in [0.1, 0.15) is 6.17 Å². The normalized spacial score (nSPS) is 19.7. The molecule has 0 saturated heterocycles. The molecule has 0 spiro atoms. The number of hydrogen-bond acceptors (Lipinski definition) is 0. The van der Waals surface area contributed by atoms with Crippen LogP contribution in [0.1, 0.15) is 67.2 Å². The molecule has 3 rings (SSSR count). The molecule has 3 heteroatoms. The summed E-state index contributed by atoms with van der Waals surface area (Å²) in [6.45, 7) is 2.07. The Hall–Kier alpha value is -2.47. The topological polar surface area (TPSA) is 0 Å². The molecule has 0 N–H and O–H groups in total. The Bertz CT molecular complexity index is 861. The first kappa shape index (κ1) is 19.3. The summed E-state index contributed by atoms with van der Waals surface area (Å²) in [5.74, 6) is 3.74. The summed E-state index contributed by atoms with van der Waals surface area (Å²) in [6, 6.07) is 10.7. The monoisotopic (exact) mass is 368 g/mol. The summed E-state index contributed by atoms with van der Waals surface area (Å²) in [5, 5.41) is 0. The Kier molecular flexibility index (Phi) is 6.40. The third kappa shape index (κ3) is 4.83. The van der Waals surface area contributed by atoms with E-state index in [2.05, 4.69) is 24.8 Å². The quantitative estimate of drug-likeness (QED) is 0.524. The molecule has 27 heavy (non-hydrogen) atoms. The number of allylic oxidation sites excluding steroid dienone is 1. The van der Waals surface area contributed by atoms with Crippen molar-refractivity contribution in [3.63, 3.8) is 0 Å². The lowest BCUT2D eigenvalue weighted by atomic mass is 9.82. The van der Waals surface area contributed by atoms with Gasteiger partial charge < -0.3 is 0 Å². The lowest BCUT2D eigenvalue weighted by Crippen LogP contribution is -2.15. The molecular weight excluding hydrogens is 345 g/mol. The first-order chi connectivity index (χ1) is 13.1. The number of halogens is 3. The fourth-order valence-electron chi connectivity index (χ4n) is 3.41. The molecule has 0 aliphatic heterocycles. The van der Waals surface area contributed by atoms with Gasteiger partial charge in [-0.3, -0.25) is 0 Å². The molecule has 0 amide bonds. The minimum absolute atomic E-state index is 0.0467. The molecule has 0 heterocycles. The molecule has 2 aromatic rings. The number of rotatable bonds is 3. The van der Waals surface area contributed by atoms with Crippen LogP contribution in [0.3, 0.4) is 0 Å². The Morgan fingerprint density at radius 2 is 1.63 bits per heavy atom. The van der Waals surface area contributed by atoms with Gasteiger partial charge in [0, 0.05) is 5.56 Å². The highest BCUT2D eigenvalue weighted by atomic mass is 19.2. The van der Waals surface area contributed by atoms with Gasteiger partial charge in [-0.15, -0.1) is 0 Å². The highest BCUT2D eigenvalue weighted by Crippen LogP contribution is 2.36. The SMILES string of the molecule is CC/C=C/c1ccc(C#Cc2ccc(C3CCC(F)CC3)c(F)c2F)cc1. The number of benzene rings is 2. The fraction of sp³-hybridized carbons (Fsp3) is 0.333. The molecule has 0 bridgehead atoms. The lowest BCUT2D eigenvalue weighted by Gasteiger charge is -2.25. The van der Waals surface area contributed by atoms with Gasteiger partial charge in [0.25, 0.3) is 0 Å². The van der Waals surface area contributed by atoms with Crippen molar-refractivity contribution in [2.24, 2.45) is 0 Å². The molecule has 1 saturated carbocycles. The van der Waals surface area contributed by atoms with E-state index in [9.17, 15) is 13.2 Å². The van der Waals surface area contributed by atoms with E-state index in [1.165, 1.54) is 6.07 Å². The van der Waals surface area contributed by atoms with E-state index in [1.807, 2.05) is 30.3 Å². The molecule has 2 aromatic carbocycles. The summed E-state index contributed by atoms with van der Waals surface area (Å²) < 4.78 is 42.2. The van der Waals surface area contributed by atoms with Crippen LogP contribution in [0.4, 0.5) is 13.2 Å². The maximum absolute atomic E-state index is 14.5. The molecule has 0 unspecified atom stereocenters. The zero-order chi connectivity index (χ0) is 19.2. The van der Waals surface area contributed by atoms with E-state index in [1.54, 1.807) is 6.07 Å². The van der Waals surface area contributed by atoms with Crippen molar-refractivity contribution in [1.82, 2.24) is 0 Å². The first-order valence-corrected chi connectivity index (χ1v) is 9.49. The maximum atomic E-state index is 14.5. The third-order valence-corrected chi connectivity index (χ3v) is 5.01. The molecule has 0 aromatic heterocycles. The van der Waals surface area contributed by atoms with Crippen LogP contribution in [-0.2, 0) is 0 Å². The van der Waals surface area contributed by atoms with Crippen LogP contribution >= 0.6 is 0 Å². The second-order valence-corrected chi connectivity index (χ2v) is 6.96. The van der Waals surface area contributed by atoms with Crippen molar-refractivity contribution < 1.29 is 13.2 Å². The van der Waals surface area contributed by atoms with Gasteiger partial charge >= 0.3 is 0 Å². The predicted octanol–water partition coefficient (Wildman–Crippen LogP) is 6.78. The van der Waals surface area contributed by atoms with Gasteiger partial charge in [-0.25, -0.2) is 13.2 Å². The summed E-state index contributed by atoms with van der Waals surface area (Å²) in [5.41, 5.74) is 2.21. The summed E-state index contributed by atoms with van der Waals surface area (Å²) >= 11 is 0. The van der Waals surface area contributed by atoms with Crippen molar-refractivity contribution in [3.05, 3.63) is 76.4 Å². The minimum Gasteiger partial charge on any atom is -0.247 e. The van der Waals surface area contributed by atoms with Crippen LogP contribution < -0.4 is 0 Å². The largest absolute Gasteiger partial charge is 0.247 e. The van der Waals surface area contributed by atoms with Crippen LogP contribution in [0.15, 0.2) is 42.5 Å². The molecular formula is C24H23F3. The maximum Gasteiger partial charge on any atom is 0.174 e. The molecule has 0 nitrogen and oxygen atoms in total. The minimum atomic E-state index is -0.912. The lowest BCUT2D eigenvalue weighted by molar-refractivity contribution is 0.233. The average Bonchev–Trinajstić information content (AvgIpc) is 2.69. The molecule has 0 radical (unpaired) electrons. The highest BCUT2D eigenvalue weighted by molar-refractivity contribution is 5.52. The third-order valence-electron chi connectivity index (χ3n) is 5.01. The van der Waals surface area contributed by atoms with Crippen LogP contribution in [0.5, 0.6) is 0 Å². The van der Waals surface area contributed by atoms with E-state index >= 15 is 0 Å². The smallest absolute Gasteiger partial charge is 0.174 e. The fourth-order valence-corrected chi connectivity index (χ4v) is 3.41. The van der Waals surface area contributed by atoms with E-state index in [4.69, 9.17) is 0 Å². The highest BCUT2D eigenvalue weighted by Gasteiger charge is 2.25. The van der Waals surface area contributed by atoms with Crippen molar-refractivity contribution >= 4 is 6.08 Å². The van der Waals surface area contributed by atoms with Crippen LogP contribution in [-0.4, -0.2) is 6.17 Å². The molecule has 0 atom stereocenters. The summed E-state index contributed by atoms with van der Waals surface area (Å²) in [4.78, 5) is 0. The van der Waals surface area contributed by atoms with Gasteiger partial charge in [-0.1, -0.05) is 49.1 Å². The Morgan fingerprint density at radius 3 is 2.30 bits per heavy atom. The Balaban J connectivity index is 1.77. The van der Waals surface area contributed by atoms with E-state index in [0.29, 0.717) is 31.2 Å². The van der Waals surface area contributed by atoms with E-state index in [0.717, 1.165) is 17.5 Å². The summed E-state index contributed by atoms with van der Waals surface area (Å²) in [6.07, 6.45) is 6.19. The average molecular weight is 368 g/mol. The standard InChI is InChI=1S/C24H23F3/c1-2-3-4-17-5-7-18(8-6-17)9-10-20-13-16-22(24(27)23(20)26)19-11-14-21(25)15-12-19/h3-8,13,16,19,21H,2,11-12,14-15H2,1H3/b4-3+. The van der Waals surface area contributed by atoms with Crippen molar-refractivity contribution in [2.75, 3.05) is 0 Å². The second-order valence-electron chi connectivity index (χ2n) is 6.96. The van der Waals surface area contributed by atoms with Crippen LogP contribution in [0.2, 0.25) is 0 Å². The molecule has 140 valence electrons. The van der Waals surface area contributed by atoms with Gasteiger partial charge in [-0.05, 0) is 67.3 Å². The molecule has 1 aliphatic rings. The van der Waals surface area contributed by atoms with Crippen LogP contribution in [0.25, 0.3) is 6.08 Å². The summed E-state index contributed by atoms with van der Waals surface area (Å²) in [7, 11) is 0. The van der Waals surface area contributed by atoms with Gasteiger partial charge in [0.15, 0.2) is 11.6 Å². The van der Waals surface area contributed by atoms with Crippen molar-refractivity contribution in [1.29, 1.82) is 0 Å². The van der Waals surface area contributed by atoms with Crippen LogP contribution in [0, 0.1) is 23.5 Å². The number of alkyl halides is 1. The predicted molar refractivity (Wildman–Crippen MR) is 104 cm³/mol. The zero-order valence-corrected chi connectivity index (χ0v) is 15.4. The van der Waals surface area contributed by atoms with Crippen molar-refractivity contribution in [3.8, 4) is 11.8 Å². The van der Waals surface area contributed by atoms with Gasteiger partial charge in [0.05, 0.1) is 5.56 Å². The van der Waals surface area contributed by atoms with E-state index < -0.39 is 17.8 Å².